The van der Waals surface area contributed by atoms with Gasteiger partial charge in [-0.1, -0.05) is 32.4 Å². The molecule has 1 rings (SSSR count). The molecular weight excluding hydrogens is 276 g/mol. The van der Waals surface area contributed by atoms with Gasteiger partial charge < -0.3 is 10.6 Å². The molecular formula is C14H23ClN4O. The molecule has 0 saturated heterocycles. The number of nitrogens with one attached hydrogen (secondary N) is 2. The van der Waals surface area contributed by atoms with E-state index in [1.54, 1.807) is 13.0 Å². The van der Waals surface area contributed by atoms with Gasteiger partial charge in [0.1, 0.15) is 22.8 Å². The Bertz CT molecular complexity index is 451. The van der Waals surface area contributed by atoms with Gasteiger partial charge in [-0.25, -0.2) is 9.97 Å². The number of carbonyl (C=O) groups excluding carboxylic acids is 1. The lowest BCUT2D eigenvalue weighted by Gasteiger charge is -2.16. The van der Waals surface area contributed by atoms with Crippen molar-refractivity contribution >= 4 is 23.3 Å². The highest BCUT2D eigenvalue weighted by atomic mass is 35.5. The first-order valence-electron chi connectivity index (χ1n) is 7.00. The number of amides is 1. The van der Waals surface area contributed by atoms with Crippen molar-refractivity contribution in [2.24, 2.45) is 5.92 Å². The van der Waals surface area contributed by atoms with Crippen LogP contribution in [0, 0.1) is 5.92 Å². The molecule has 20 heavy (non-hydrogen) atoms. The second-order valence-corrected chi connectivity index (χ2v) is 5.63. The fraction of sp³-hybridized carbons (Fsp3) is 0.643. The first kappa shape index (κ1) is 16.7. The van der Waals surface area contributed by atoms with Gasteiger partial charge >= 0.3 is 0 Å². The predicted molar refractivity (Wildman–Crippen MR) is 82.0 cm³/mol. The van der Waals surface area contributed by atoms with Crippen LogP contribution in [0.15, 0.2) is 6.07 Å². The van der Waals surface area contributed by atoms with Gasteiger partial charge in [-0.05, 0) is 19.3 Å². The van der Waals surface area contributed by atoms with E-state index in [-0.39, 0.29) is 11.9 Å². The van der Waals surface area contributed by atoms with Gasteiger partial charge in [-0.2, -0.15) is 0 Å². The molecule has 0 saturated carbocycles. The molecule has 0 aliphatic heterocycles. The van der Waals surface area contributed by atoms with Crippen LogP contribution in [0.3, 0.4) is 0 Å². The summed E-state index contributed by atoms with van der Waals surface area (Å²) in [6.07, 6.45) is 1.72. The predicted octanol–water partition coefficient (Wildman–Crippen LogP) is 2.66. The molecule has 0 fully saturated rings. The average Bonchev–Trinajstić information content (AvgIpc) is 2.35. The van der Waals surface area contributed by atoms with Crippen molar-refractivity contribution < 1.29 is 4.79 Å². The van der Waals surface area contributed by atoms with Gasteiger partial charge in [-0.3, -0.25) is 4.79 Å². The van der Waals surface area contributed by atoms with Crippen molar-refractivity contribution in [1.29, 1.82) is 0 Å². The van der Waals surface area contributed by atoms with Crippen molar-refractivity contribution in [3.05, 3.63) is 17.0 Å². The maximum Gasteiger partial charge on any atom is 0.242 e. The number of aromatic nitrogens is 2. The Balaban J connectivity index is 2.65. The summed E-state index contributed by atoms with van der Waals surface area (Å²) in [7, 11) is 0. The molecule has 0 aromatic carbocycles. The van der Waals surface area contributed by atoms with Crippen LogP contribution in [0.1, 0.15) is 39.9 Å². The minimum Gasteiger partial charge on any atom is -0.358 e. The molecule has 1 unspecified atom stereocenters. The monoisotopic (exact) mass is 298 g/mol. The van der Waals surface area contributed by atoms with E-state index in [9.17, 15) is 4.79 Å². The van der Waals surface area contributed by atoms with Gasteiger partial charge in [0.2, 0.25) is 5.91 Å². The molecule has 1 heterocycles. The molecule has 1 amide bonds. The SMILES string of the molecule is CCCc1nc(Cl)cc(NC(C)C(=O)NCC(C)C)n1. The molecule has 0 spiro atoms. The van der Waals surface area contributed by atoms with E-state index < -0.39 is 0 Å². The molecule has 0 aliphatic carbocycles. The summed E-state index contributed by atoms with van der Waals surface area (Å²) in [4.78, 5) is 20.4. The topological polar surface area (TPSA) is 66.9 Å². The van der Waals surface area contributed by atoms with Crippen LogP contribution >= 0.6 is 11.6 Å². The van der Waals surface area contributed by atoms with Crippen LogP contribution in [-0.4, -0.2) is 28.5 Å². The Labute approximate surface area is 125 Å². The molecule has 5 nitrogen and oxygen atoms in total. The van der Waals surface area contributed by atoms with Crippen LogP contribution in [-0.2, 0) is 11.2 Å². The smallest absolute Gasteiger partial charge is 0.242 e. The number of anilines is 1. The van der Waals surface area contributed by atoms with Crippen molar-refractivity contribution in [3.8, 4) is 0 Å². The molecule has 0 radical (unpaired) electrons. The molecule has 0 aliphatic rings. The molecule has 112 valence electrons. The minimum atomic E-state index is -0.366. The largest absolute Gasteiger partial charge is 0.358 e. The lowest BCUT2D eigenvalue weighted by atomic mass is 10.2. The van der Waals surface area contributed by atoms with Crippen LogP contribution < -0.4 is 10.6 Å². The lowest BCUT2D eigenvalue weighted by Crippen LogP contribution is -2.39. The summed E-state index contributed by atoms with van der Waals surface area (Å²) in [6.45, 7) is 8.63. The van der Waals surface area contributed by atoms with Crippen LogP contribution in [0.4, 0.5) is 5.82 Å². The number of hydrogen-bond acceptors (Lipinski definition) is 4. The summed E-state index contributed by atoms with van der Waals surface area (Å²) >= 11 is 5.96. The maximum atomic E-state index is 11.9. The first-order chi connectivity index (χ1) is 9.42. The number of rotatable bonds is 7. The molecule has 1 aromatic heterocycles. The normalized spacial score (nSPS) is 12.3. The summed E-state index contributed by atoms with van der Waals surface area (Å²) in [5.41, 5.74) is 0. The summed E-state index contributed by atoms with van der Waals surface area (Å²) < 4.78 is 0. The number of carbonyl (C=O) groups is 1. The second-order valence-electron chi connectivity index (χ2n) is 5.25. The third-order valence-electron chi connectivity index (χ3n) is 2.66. The highest BCUT2D eigenvalue weighted by Crippen LogP contribution is 2.13. The van der Waals surface area contributed by atoms with Gasteiger partial charge in [0.25, 0.3) is 0 Å². The lowest BCUT2D eigenvalue weighted by molar-refractivity contribution is -0.121. The number of nitrogens with zero attached hydrogens (tertiary/aromatic N) is 2. The average molecular weight is 299 g/mol. The third kappa shape index (κ3) is 5.74. The quantitative estimate of drug-likeness (QED) is 0.760. The number of aryl methyl sites for hydroxylation is 1. The molecule has 1 aromatic rings. The van der Waals surface area contributed by atoms with E-state index in [4.69, 9.17) is 11.6 Å². The van der Waals surface area contributed by atoms with E-state index in [1.165, 1.54) is 0 Å². The molecule has 2 N–H and O–H groups in total. The Hall–Kier alpha value is -1.36. The first-order valence-corrected chi connectivity index (χ1v) is 7.37. The highest BCUT2D eigenvalue weighted by molar-refractivity contribution is 6.29. The Morgan fingerprint density at radius 1 is 1.35 bits per heavy atom. The standard InChI is InChI=1S/C14H23ClN4O/c1-5-6-12-18-11(15)7-13(19-12)17-10(4)14(20)16-8-9(2)3/h7,9-10H,5-6,8H2,1-4H3,(H,16,20)(H,17,18,19). The van der Waals surface area contributed by atoms with Crippen molar-refractivity contribution in [3.63, 3.8) is 0 Å². The summed E-state index contributed by atoms with van der Waals surface area (Å²) in [5, 5.41) is 6.33. The van der Waals surface area contributed by atoms with Gasteiger partial charge in [0, 0.05) is 19.0 Å². The van der Waals surface area contributed by atoms with E-state index in [1.807, 2.05) is 0 Å². The van der Waals surface area contributed by atoms with Gasteiger partial charge in [-0.15, -0.1) is 0 Å². The van der Waals surface area contributed by atoms with Crippen LogP contribution in [0.5, 0.6) is 0 Å². The second kappa shape index (κ2) is 8.04. The highest BCUT2D eigenvalue weighted by Gasteiger charge is 2.14. The van der Waals surface area contributed by atoms with E-state index in [0.29, 0.717) is 29.3 Å². The van der Waals surface area contributed by atoms with E-state index >= 15 is 0 Å². The number of halogens is 1. The minimum absolute atomic E-state index is 0.0505. The zero-order chi connectivity index (χ0) is 15.1. The van der Waals surface area contributed by atoms with E-state index in [2.05, 4.69) is 41.4 Å². The Morgan fingerprint density at radius 3 is 2.65 bits per heavy atom. The van der Waals surface area contributed by atoms with Crippen molar-refractivity contribution in [1.82, 2.24) is 15.3 Å². The molecule has 6 heteroatoms. The van der Waals surface area contributed by atoms with Crippen LogP contribution in [0.25, 0.3) is 0 Å². The maximum absolute atomic E-state index is 11.9. The zero-order valence-electron chi connectivity index (χ0n) is 12.5. The Morgan fingerprint density at radius 2 is 2.05 bits per heavy atom. The zero-order valence-corrected chi connectivity index (χ0v) is 13.3. The summed E-state index contributed by atoms with van der Waals surface area (Å²) in [5.74, 6) is 1.65. The molecule has 0 bridgehead atoms. The van der Waals surface area contributed by atoms with Gasteiger partial charge in [0.15, 0.2) is 0 Å². The molecule has 1 atom stereocenters. The third-order valence-corrected chi connectivity index (χ3v) is 2.85. The Kier molecular flexibility index (Phi) is 6.71. The van der Waals surface area contributed by atoms with Crippen molar-refractivity contribution in [2.45, 2.75) is 46.6 Å². The number of hydrogen-bond donors (Lipinski definition) is 2. The fourth-order valence-electron chi connectivity index (χ4n) is 1.62. The summed E-state index contributed by atoms with van der Waals surface area (Å²) in [6, 6.07) is 1.27. The van der Waals surface area contributed by atoms with Gasteiger partial charge in [0.05, 0.1) is 0 Å². The fourth-order valence-corrected chi connectivity index (χ4v) is 1.82. The van der Waals surface area contributed by atoms with Crippen molar-refractivity contribution in [2.75, 3.05) is 11.9 Å². The van der Waals surface area contributed by atoms with Crippen LogP contribution in [0.2, 0.25) is 5.15 Å². The van der Waals surface area contributed by atoms with E-state index in [0.717, 1.165) is 12.8 Å².